The van der Waals surface area contributed by atoms with E-state index in [1.54, 1.807) is 0 Å². The van der Waals surface area contributed by atoms with E-state index in [-0.39, 0.29) is 12.5 Å². The maximum absolute atomic E-state index is 12.1. The lowest BCUT2D eigenvalue weighted by molar-refractivity contribution is -0.132. The SMILES string of the molecule is CCC(CC)(CN)C(=O)NCC1(O)CCOC1. The summed E-state index contributed by atoms with van der Waals surface area (Å²) in [6.07, 6.45) is 1.99. The highest BCUT2D eigenvalue weighted by Crippen LogP contribution is 2.25. The van der Waals surface area contributed by atoms with Crippen LogP contribution in [0.25, 0.3) is 0 Å². The van der Waals surface area contributed by atoms with Crippen LogP contribution in [0.3, 0.4) is 0 Å². The summed E-state index contributed by atoms with van der Waals surface area (Å²) in [6, 6.07) is 0. The van der Waals surface area contributed by atoms with E-state index in [4.69, 9.17) is 10.5 Å². The fourth-order valence-corrected chi connectivity index (χ4v) is 2.12. The van der Waals surface area contributed by atoms with Crippen molar-refractivity contribution >= 4 is 5.91 Å². The standard InChI is InChI=1S/C12H24N2O3/c1-3-11(4-2,7-13)10(15)14-8-12(16)5-6-17-9-12/h16H,3-9,13H2,1-2H3,(H,14,15). The molecule has 0 spiro atoms. The van der Waals surface area contributed by atoms with E-state index >= 15 is 0 Å². The number of ether oxygens (including phenoxy) is 1. The van der Waals surface area contributed by atoms with Gasteiger partial charge in [0.1, 0.15) is 5.60 Å². The summed E-state index contributed by atoms with van der Waals surface area (Å²) in [5, 5.41) is 12.9. The number of amides is 1. The maximum Gasteiger partial charge on any atom is 0.227 e. The summed E-state index contributed by atoms with van der Waals surface area (Å²) < 4.78 is 5.13. The third-order valence-electron chi connectivity index (χ3n) is 3.89. The van der Waals surface area contributed by atoms with Crippen LogP contribution < -0.4 is 11.1 Å². The van der Waals surface area contributed by atoms with Gasteiger partial charge in [-0.1, -0.05) is 13.8 Å². The van der Waals surface area contributed by atoms with Crippen molar-refractivity contribution < 1.29 is 14.6 Å². The molecule has 5 heteroatoms. The van der Waals surface area contributed by atoms with Gasteiger partial charge in [0.05, 0.1) is 12.0 Å². The second kappa shape index (κ2) is 5.80. The average molecular weight is 244 g/mol. The lowest BCUT2D eigenvalue weighted by Crippen LogP contribution is -2.50. The molecular formula is C12H24N2O3. The zero-order valence-corrected chi connectivity index (χ0v) is 10.8. The zero-order valence-electron chi connectivity index (χ0n) is 10.8. The summed E-state index contributed by atoms with van der Waals surface area (Å²) in [6.45, 7) is 5.35. The van der Waals surface area contributed by atoms with Crippen molar-refractivity contribution in [1.29, 1.82) is 0 Å². The fraction of sp³-hybridized carbons (Fsp3) is 0.917. The van der Waals surface area contributed by atoms with E-state index in [9.17, 15) is 9.90 Å². The normalized spacial score (nSPS) is 24.9. The van der Waals surface area contributed by atoms with Crippen molar-refractivity contribution in [3.8, 4) is 0 Å². The number of nitrogens with two attached hydrogens (primary N) is 1. The minimum Gasteiger partial charge on any atom is -0.386 e. The number of hydrogen-bond donors (Lipinski definition) is 3. The van der Waals surface area contributed by atoms with Gasteiger partial charge in [-0.05, 0) is 12.8 Å². The van der Waals surface area contributed by atoms with Crippen LogP contribution in [0, 0.1) is 5.41 Å². The van der Waals surface area contributed by atoms with Crippen LogP contribution in [0.1, 0.15) is 33.1 Å². The molecule has 1 saturated heterocycles. The summed E-state index contributed by atoms with van der Waals surface area (Å²) in [7, 11) is 0. The average Bonchev–Trinajstić information content (AvgIpc) is 2.77. The molecule has 0 aromatic heterocycles. The van der Waals surface area contributed by atoms with Gasteiger partial charge in [0.2, 0.25) is 5.91 Å². The number of nitrogens with one attached hydrogen (secondary N) is 1. The first kappa shape index (κ1) is 14.4. The monoisotopic (exact) mass is 244 g/mol. The van der Waals surface area contributed by atoms with Crippen LogP contribution in [0.4, 0.5) is 0 Å². The number of rotatable bonds is 6. The Bertz CT molecular complexity index is 250. The number of carbonyl (C=O) groups is 1. The lowest BCUT2D eigenvalue weighted by atomic mass is 9.81. The van der Waals surface area contributed by atoms with Crippen LogP contribution in [0.2, 0.25) is 0 Å². The predicted molar refractivity (Wildman–Crippen MR) is 65.5 cm³/mol. The Morgan fingerprint density at radius 2 is 2.18 bits per heavy atom. The van der Waals surface area contributed by atoms with E-state index in [2.05, 4.69) is 5.32 Å². The van der Waals surface area contributed by atoms with Crippen LogP contribution in [0.15, 0.2) is 0 Å². The first-order valence-corrected chi connectivity index (χ1v) is 6.30. The molecule has 1 fully saturated rings. The number of hydrogen-bond acceptors (Lipinski definition) is 4. The Hall–Kier alpha value is -0.650. The van der Waals surface area contributed by atoms with E-state index in [0.717, 1.165) is 0 Å². The molecule has 17 heavy (non-hydrogen) atoms. The molecule has 1 aliphatic heterocycles. The van der Waals surface area contributed by atoms with Gasteiger partial charge < -0.3 is 20.9 Å². The Morgan fingerprint density at radius 1 is 1.53 bits per heavy atom. The molecule has 0 radical (unpaired) electrons. The summed E-state index contributed by atoms with van der Waals surface area (Å²) in [5.41, 5.74) is 4.29. The molecule has 0 aromatic carbocycles. The molecule has 1 aliphatic rings. The smallest absolute Gasteiger partial charge is 0.227 e. The van der Waals surface area contributed by atoms with Crippen molar-refractivity contribution in [3.63, 3.8) is 0 Å². The first-order valence-electron chi connectivity index (χ1n) is 6.30. The molecule has 0 bridgehead atoms. The molecule has 5 nitrogen and oxygen atoms in total. The zero-order chi connectivity index (χ0) is 12.9. The van der Waals surface area contributed by atoms with Crippen molar-refractivity contribution in [2.24, 2.45) is 11.1 Å². The van der Waals surface area contributed by atoms with E-state index in [1.165, 1.54) is 0 Å². The predicted octanol–water partition coefficient (Wildman–Crippen LogP) is 0.0191. The number of aliphatic hydroxyl groups is 1. The highest BCUT2D eigenvalue weighted by Gasteiger charge is 2.37. The molecule has 0 aromatic rings. The summed E-state index contributed by atoms with van der Waals surface area (Å²) in [4.78, 5) is 12.1. The molecule has 1 unspecified atom stereocenters. The molecule has 1 amide bonds. The van der Waals surface area contributed by atoms with Crippen LogP contribution in [0.5, 0.6) is 0 Å². The minimum absolute atomic E-state index is 0.0645. The summed E-state index contributed by atoms with van der Waals surface area (Å²) in [5.74, 6) is -0.0645. The fourth-order valence-electron chi connectivity index (χ4n) is 2.12. The Balaban J connectivity index is 2.53. The van der Waals surface area contributed by atoms with Crippen molar-refractivity contribution in [2.75, 3.05) is 26.3 Å². The summed E-state index contributed by atoms with van der Waals surface area (Å²) >= 11 is 0. The highest BCUT2D eigenvalue weighted by molar-refractivity contribution is 5.82. The van der Waals surface area contributed by atoms with E-state index < -0.39 is 11.0 Å². The van der Waals surface area contributed by atoms with E-state index in [0.29, 0.717) is 39.0 Å². The van der Waals surface area contributed by atoms with Gasteiger partial charge >= 0.3 is 0 Å². The molecule has 1 rings (SSSR count). The maximum atomic E-state index is 12.1. The second-order valence-electron chi connectivity index (χ2n) is 4.90. The molecule has 1 atom stereocenters. The topological polar surface area (TPSA) is 84.6 Å². The van der Waals surface area contributed by atoms with E-state index in [1.807, 2.05) is 13.8 Å². The van der Waals surface area contributed by atoms with Gasteiger partial charge in [-0.25, -0.2) is 0 Å². The first-order chi connectivity index (χ1) is 8.02. The van der Waals surface area contributed by atoms with Crippen molar-refractivity contribution in [1.82, 2.24) is 5.32 Å². The van der Waals surface area contributed by atoms with Gasteiger partial charge in [0, 0.05) is 26.1 Å². The Morgan fingerprint density at radius 3 is 2.59 bits per heavy atom. The number of carbonyl (C=O) groups excluding carboxylic acids is 1. The molecule has 100 valence electrons. The molecule has 1 heterocycles. The lowest BCUT2D eigenvalue weighted by Gasteiger charge is -2.30. The third kappa shape index (κ3) is 3.18. The second-order valence-corrected chi connectivity index (χ2v) is 4.90. The Labute approximate surface area is 103 Å². The molecular weight excluding hydrogens is 220 g/mol. The van der Waals surface area contributed by atoms with Crippen molar-refractivity contribution in [3.05, 3.63) is 0 Å². The van der Waals surface area contributed by atoms with Crippen molar-refractivity contribution in [2.45, 2.75) is 38.7 Å². The van der Waals surface area contributed by atoms with Crippen LogP contribution >= 0.6 is 0 Å². The molecule has 0 saturated carbocycles. The van der Waals surface area contributed by atoms with Gasteiger partial charge in [-0.3, -0.25) is 4.79 Å². The quantitative estimate of drug-likeness (QED) is 0.615. The van der Waals surface area contributed by atoms with Crippen LogP contribution in [-0.2, 0) is 9.53 Å². The van der Waals surface area contributed by atoms with Gasteiger partial charge in [-0.15, -0.1) is 0 Å². The minimum atomic E-state index is -0.905. The largest absolute Gasteiger partial charge is 0.386 e. The highest BCUT2D eigenvalue weighted by atomic mass is 16.5. The van der Waals surface area contributed by atoms with Gasteiger partial charge in [0.15, 0.2) is 0 Å². The Kier molecular flexibility index (Phi) is 4.91. The van der Waals surface area contributed by atoms with Gasteiger partial charge in [0.25, 0.3) is 0 Å². The molecule has 0 aliphatic carbocycles. The van der Waals surface area contributed by atoms with Gasteiger partial charge in [-0.2, -0.15) is 0 Å². The molecule has 4 N–H and O–H groups in total. The third-order valence-corrected chi connectivity index (χ3v) is 3.89. The van der Waals surface area contributed by atoms with Crippen LogP contribution in [-0.4, -0.2) is 42.9 Å².